The SMILES string of the molecule is CC(=O)c1cccc(NC(=O)[C@@H](C)Sc2nnc(-c3ccccc3Cl)n2C)c1. The van der Waals surface area contributed by atoms with Crippen molar-refractivity contribution in [3.8, 4) is 11.4 Å². The molecule has 28 heavy (non-hydrogen) atoms. The number of hydrogen-bond acceptors (Lipinski definition) is 5. The normalized spacial score (nSPS) is 11.9. The highest BCUT2D eigenvalue weighted by Crippen LogP contribution is 2.30. The number of Topliss-reactive ketones (excluding diaryl/α,β-unsaturated/α-hetero) is 1. The van der Waals surface area contributed by atoms with Gasteiger partial charge in [-0.2, -0.15) is 0 Å². The summed E-state index contributed by atoms with van der Waals surface area (Å²) in [5, 5.41) is 12.0. The second-order valence-electron chi connectivity index (χ2n) is 6.23. The fourth-order valence-electron chi connectivity index (χ4n) is 2.57. The zero-order chi connectivity index (χ0) is 20.3. The molecule has 144 valence electrons. The van der Waals surface area contributed by atoms with Gasteiger partial charge < -0.3 is 9.88 Å². The average Bonchev–Trinajstić information content (AvgIpc) is 3.02. The molecule has 0 aliphatic heterocycles. The van der Waals surface area contributed by atoms with Gasteiger partial charge in [0.1, 0.15) is 0 Å². The summed E-state index contributed by atoms with van der Waals surface area (Å²) in [6, 6.07) is 14.3. The van der Waals surface area contributed by atoms with E-state index in [0.717, 1.165) is 5.56 Å². The number of benzene rings is 2. The third-order valence-electron chi connectivity index (χ3n) is 4.14. The van der Waals surface area contributed by atoms with E-state index in [2.05, 4.69) is 15.5 Å². The molecule has 0 bridgehead atoms. The van der Waals surface area contributed by atoms with E-state index >= 15 is 0 Å². The number of rotatable bonds is 6. The lowest BCUT2D eigenvalue weighted by molar-refractivity contribution is -0.115. The van der Waals surface area contributed by atoms with E-state index in [4.69, 9.17) is 11.6 Å². The average molecular weight is 415 g/mol. The molecule has 1 heterocycles. The number of thioether (sulfide) groups is 1. The number of carbonyl (C=O) groups is 2. The Kier molecular flexibility index (Phi) is 6.16. The van der Waals surface area contributed by atoms with Crippen LogP contribution in [0.5, 0.6) is 0 Å². The molecule has 0 saturated carbocycles. The van der Waals surface area contributed by atoms with E-state index in [1.165, 1.54) is 18.7 Å². The maximum Gasteiger partial charge on any atom is 0.237 e. The first-order valence-corrected chi connectivity index (χ1v) is 9.85. The number of carbonyl (C=O) groups excluding carboxylic acids is 2. The van der Waals surface area contributed by atoms with Crippen LogP contribution in [0.3, 0.4) is 0 Å². The van der Waals surface area contributed by atoms with Crippen LogP contribution in [0.15, 0.2) is 53.7 Å². The molecular formula is C20H19ClN4O2S. The van der Waals surface area contributed by atoms with Crippen LogP contribution >= 0.6 is 23.4 Å². The molecule has 1 atom stereocenters. The van der Waals surface area contributed by atoms with Crippen molar-refractivity contribution in [2.24, 2.45) is 7.05 Å². The standard InChI is InChI=1S/C20H19ClN4O2S/c1-12(26)14-7-6-8-15(11-14)22-19(27)13(2)28-20-24-23-18(25(20)3)16-9-4-5-10-17(16)21/h4-11,13H,1-3H3,(H,22,27)/t13-/m1/s1. The van der Waals surface area contributed by atoms with Crippen molar-refractivity contribution < 1.29 is 9.59 Å². The molecule has 2 aromatic carbocycles. The van der Waals surface area contributed by atoms with Crippen molar-refractivity contribution in [2.75, 3.05) is 5.32 Å². The molecule has 8 heteroatoms. The van der Waals surface area contributed by atoms with Crippen molar-refractivity contribution in [2.45, 2.75) is 24.3 Å². The van der Waals surface area contributed by atoms with Crippen molar-refractivity contribution in [1.29, 1.82) is 0 Å². The van der Waals surface area contributed by atoms with Gasteiger partial charge in [0.25, 0.3) is 0 Å². The molecular weight excluding hydrogens is 396 g/mol. The van der Waals surface area contributed by atoms with Gasteiger partial charge in [0.2, 0.25) is 5.91 Å². The lowest BCUT2D eigenvalue weighted by Crippen LogP contribution is -2.23. The lowest BCUT2D eigenvalue weighted by atomic mass is 10.1. The van der Waals surface area contributed by atoms with Gasteiger partial charge in [-0.25, -0.2) is 0 Å². The van der Waals surface area contributed by atoms with Gasteiger partial charge in [-0.1, -0.05) is 47.6 Å². The lowest BCUT2D eigenvalue weighted by Gasteiger charge is -2.12. The summed E-state index contributed by atoms with van der Waals surface area (Å²) in [6.07, 6.45) is 0. The Labute approximate surface area is 172 Å². The molecule has 0 aliphatic carbocycles. The van der Waals surface area contributed by atoms with E-state index in [0.29, 0.717) is 27.3 Å². The van der Waals surface area contributed by atoms with Crippen LogP contribution in [0.25, 0.3) is 11.4 Å². The summed E-state index contributed by atoms with van der Waals surface area (Å²) < 4.78 is 1.81. The molecule has 3 aromatic rings. The van der Waals surface area contributed by atoms with Crippen LogP contribution in [0, 0.1) is 0 Å². The minimum absolute atomic E-state index is 0.0512. The summed E-state index contributed by atoms with van der Waals surface area (Å²) in [5.74, 6) is 0.396. The van der Waals surface area contributed by atoms with Crippen LogP contribution in [-0.2, 0) is 11.8 Å². The highest BCUT2D eigenvalue weighted by Gasteiger charge is 2.20. The maximum absolute atomic E-state index is 12.5. The Hall–Kier alpha value is -2.64. The molecule has 1 aromatic heterocycles. The van der Waals surface area contributed by atoms with Crippen molar-refractivity contribution in [3.63, 3.8) is 0 Å². The van der Waals surface area contributed by atoms with E-state index in [9.17, 15) is 9.59 Å². The highest BCUT2D eigenvalue weighted by molar-refractivity contribution is 8.00. The molecule has 0 saturated heterocycles. The Bertz CT molecular complexity index is 1030. The molecule has 3 rings (SSSR count). The third kappa shape index (κ3) is 4.43. The number of ketones is 1. The second kappa shape index (κ2) is 8.58. The number of nitrogens with zero attached hydrogens (tertiary/aromatic N) is 3. The van der Waals surface area contributed by atoms with E-state index < -0.39 is 5.25 Å². The van der Waals surface area contributed by atoms with Crippen LogP contribution < -0.4 is 5.32 Å². The van der Waals surface area contributed by atoms with Crippen molar-refractivity contribution in [1.82, 2.24) is 14.8 Å². The van der Waals surface area contributed by atoms with Crippen LogP contribution in [-0.4, -0.2) is 31.7 Å². The Morgan fingerprint density at radius 2 is 1.89 bits per heavy atom. The quantitative estimate of drug-likeness (QED) is 0.476. The third-order valence-corrected chi connectivity index (χ3v) is 5.60. The predicted octanol–water partition coefficient (Wildman–Crippen LogP) is 4.46. The van der Waals surface area contributed by atoms with Crippen molar-refractivity contribution in [3.05, 3.63) is 59.1 Å². The number of anilines is 1. The van der Waals surface area contributed by atoms with Gasteiger partial charge in [-0.3, -0.25) is 9.59 Å². The van der Waals surface area contributed by atoms with Crippen LogP contribution in [0.4, 0.5) is 5.69 Å². The number of hydrogen-bond donors (Lipinski definition) is 1. The molecule has 0 unspecified atom stereocenters. The molecule has 0 aliphatic rings. The maximum atomic E-state index is 12.5. The Morgan fingerprint density at radius 3 is 2.61 bits per heavy atom. The number of halogens is 1. The molecule has 6 nitrogen and oxygen atoms in total. The van der Waals surface area contributed by atoms with Gasteiger partial charge in [-0.15, -0.1) is 10.2 Å². The zero-order valence-corrected chi connectivity index (χ0v) is 17.2. The van der Waals surface area contributed by atoms with Gasteiger partial charge in [0, 0.05) is 23.9 Å². The van der Waals surface area contributed by atoms with E-state index in [1.54, 1.807) is 37.3 Å². The zero-order valence-electron chi connectivity index (χ0n) is 15.6. The van der Waals surface area contributed by atoms with Gasteiger partial charge >= 0.3 is 0 Å². The summed E-state index contributed by atoms with van der Waals surface area (Å²) in [7, 11) is 1.84. The fraction of sp³-hybridized carbons (Fsp3) is 0.200. The van der Waals surface area contributed by atoms with Crippen molar-refractivity contribution >= 4 is 40.7 Å². The smallest absolute Gasteiger partial charge is 0.237 e. The van der Waals surface area contributed by atoms with Gasteiger partial charge in [0.05, 0.1) is 10.3 Å². The predicted molar refractivity (Wildman–Crippen MR) is 112 cm³/mol. The molecule has 0 spiro atoms. The highest BCUT2D eigenvalue weighted by atomic mass is 35.5. The summed E-state index contributed by atoms with van der Waals surface area (Å²) in [4.78, 5) is 24.0. The Balaban J connectivity index is 1.72. The molecule has 1 N–H and O–H groups in total. The van der Waals surface area contributed by atoms with Crippen LogP contribution in [0.1, 0.15) is 24.2 Å². The minimum Gasteiger partial charge on any atom is -0.325 e. The summed E-state index contributed by atoms with van der Waals surface area (Å²) in [6.45, 7) is 3.28. The largest absolute Gasteiger partial charge is 0.325 e. The summed E-state index contributed by atoms with van der Waals surface area (Å²) >= 11 is 7.54. The Morgan fingerprint density at radius 1 is 1.14 bits per heavy atom. The number of aromatic nitrogens is 3. The fourth-order valence-corrected chi connectivity index (χ4v) is 3.60. The van der Waals surface area contributed by atoms with Crippen LogP contribution in [0.2, 0.25) is 5.02 Å². The first-order chi connectivity index (χ1) is 13.4. The molecule has 0 fully saturated rings. The second-order valence-corrected chi connectivity index (χ2v) is 7.95. The summed E-state index contributed by atoms with van der Waals surface area (Å²) in [5.41, 5.74) is 1.92. The molecule has 0 radical (unpaired) electrons. The molecule has 1 amide bonds. The number of amides is 1. The minimum atomic E-state index is -0.414. The first kappa shape index (κ1) is 20.1. The van der Waals surface area contributed by atoms with Gasteiger partial charge in [0.15, 0.2) is 16.8 Å². The van der Waals surface area contributed by atoms with E-state index in [-0.39, 0.29) is 11.7 Å². The number of nitrogens with one attached hydrogen (secondary N) is 1. The first-order valence-electron chi connectivity index (χ1n) is 8.59. The van der Waals surface area contributed by atoms with Gasteiger partial charge in [-0.05, 0) is 38.1 Å². The monoisotopic (exact) mass is 414 g/mol. The topological polar surface area (TPSA) is 76.9 Å². The van der Waals surface area contributed by atoms with E-state index in [1.807, 2.05) is 29.8 Å².